The van der Waals surface area contributed by atoms with Crippen LogP contribution in [0.2, 0.25) is 0 Å². The third-order valence-electron chi connectivity index (χ3n) is 6.57. The van der Waals surface area contributed by atoms with Crippen molar-refractivity contribution >= 4 is 11.8 Å². The molecule has 2 amide bonds. The first-order valence-electron chi connectivity index (χ1n) is 12.7. The molecule has 7 heteroatoms. The Balaban J connectivity index is 1.83. The van der Waals surface area contributed by atoms with Crippen molar-refractivity contribution in [3.05, 3.63) is 47.8 Å². The lowest BCUT2D eigenvalue weighted by Crippen LogP contribution is -2.45. The summed E-state index contributed by atoms with van der Waals surface area (Å²) in [7, 11) is 1.91. The van der Waals surface area contributed by atoms with Crippen molar-refractivity contribution in [3.63, 3.8) is 0 Å². The zero-order valence-corrected chi connectivity index (χ0v) is 21.2. The fraction of sp³-hybridized carbons (Fsp3) is 0.593. The number of aromatic nitrogens is 2. The van der Waals surface area contributed by atoms with Gasteiger partial charge in [-0.3, -0.25) is 14.3 Å². The number of amides is 2. The van der Waals surface area contributed by atoms with Crippen LogP contribution in [0.1, 0.15) is 68.9 Å². The van der Waals surface area contributed by atoms with Crippen LogP contribution in [0.3, 0.4) is 0 Å². The van der Waals surface area contributed by atoms with E-state index in [9.17, 15) is 9.59 Å². The first-order valence-corrected chi connectivity index (χ1v) is 12.7. The molecule has 2 aromatic rings. The van der Waals surface area contributed by atoms with Crippen LogP contribution in [0, 0.1) is 5.92 Å². The minimum absolute atomic E-state index is 0.0156. The number of fused-ring (bicyclic) bond motifs is 1. The highest BCUT2D eigenvalue weighted by Gasteiger charge is 2.27. The number of nitrogens with zero attached hydrogens (tertiary/aromatic N) is 4. The quantitative estimate of drug-likeness (QED) is 0.633. The second kappa shape index (κ2) is 12.6. The molecule has 0 aliphatic carbocycles. The van der Waals surface area contributed by atoms with E-state index >= 15 is 0 Å². The molecule has 3 rings (SSSR count). The predicted molar refractivity (Wildman–Crippen MR) is 134 cm³/mol. The van der Waals surface area contributed by atoms with E-state index in [1.54, 1.807) is 6.20 Å². The number of aryl methyl sites for hydroxylation is 2. The zero-order chi connectivity index (χ0) is 24.5. The second-order valence-electron chi connectivity index (χ2n) is 9.57. The number of ether oxygens (including phenoxy) is 1. The predicted octanol–water partition coefficient (Wildman–Crippen LogP) is 4.32. The summed E-state index contributed by atoms with van der Waals surface area (Å²) in [4.78, 5) is 30.6. The molecule has 34 heavy (non-hydrogen) atoms. The molecule has 1 aliphatic heterocycles. The SMILES string of the molecule is CCN1CCCCCN(C(=O)CCc2ccnn2C)[C@@H](CC(C)C)COc2ccccc2C1=O. The van der Waals surface area contributed by atoms with Gasteiger partial charge < -0.3 is 14.5 Å². The van der Waals surface area contributed by atoms with Crippen molar-refractivity contribution in [2.45, 2.75) is 65.3 Å². The lowest BCUT2D eigenvalue weighted by atomic mass is 10.0. The van der Waals surface area contributed by atoms with Crippen molar-refractivity contribution in [1.82, 2.24) is 19.6 Å². The van der Waals surface area contributed by atoms with Crippen molar-refractivity contribution in [1.29, 1.82) is 0 Å². The van der Waals surface area contributed by atoms with E-state index in [-0.39, 0.29) is 17.9 Å². The van der Waals surface area contributed by atoms with Gasteiger partial charge in [-0.15, -0.1) is 0 Å². The minimum Gasteiger partial charge on any atom is -0.491 e. The van der Waals surface area contributed by atoms with Crippen LogP contribution in [0.25, 0.3) is 0 Å². The van der Waals surface area contributed by atoms with Crippen LogP contribution in [0.5, 0.6) is 5.75 Å². The molecule has 1 aromatic carbocycles. The molecular formula is C27H40N4O3. The maximum absolute atomic E-state index is 13.5. The van der Waals surface area contributed by atoms with Gasteiger partial charge in [0.15, 0.2) is 0 Å². The van der Waals surface area contributed by atoms with Crippen LogP contribution in [-0.2, 0) is 18.3 Å². The first kappa shape index (κ1) is 25.8. The maximum Gasteiger partial charge on any atom is 0.257 e. The number of para-hydroxylation sites is 1. The first-order chi connectivity index (χ1) is 16.4. The Morgan fingerprint density at radius 1 is 1.15 bits per heavy atom. The van der Waals surface area contributed by atoms with E-state index < -0.39 is 0 Å². The molecule has 1 atom stereocenters. The minimum atomic E-state index is -0.0368. The van der Waals surface area contributed by atoms with E-state index in [1.807, 2.05) is 58.8 Å². The van der Waals surface area contributed by atoms with Gasteiger partial charge in [0, 0.05) is 45.0 Å². The molecule has 0 spiro atoms. The van der Waals surface area contributed by atoms with Gasteiger partial charge in [0.05, 0.1) is 11.6 Å². The highest BCUT2D eigenvalue weighted by atomic mass is 16.5. The van der Waals surface area contributed by atoms with E-state index in [2.05, 4.69) is 18.9 Å². The Morgan fingerprint density at radius 2 is 1.91 bits per heavy atom. The standard InChI is InChI=1S/C27H40N4O3/c1-5-30-17-9-6-10-18-31(26(32)14-13-22-15-16-28-29(22)4)23(19-21(2)3)20-34-25-12-8-7-11-24(25)27(30)33/h7-8,11-12,15-16,21,23H,5-6,9-10,13-14,17-20H2,1-4H3/t23-/m0/s1. The van der Waals surface area contributed by atoms with Crippen molar-refractivity contribution < 1.29 is 14.3 Å². The van der Waals surface area contributed by atoms with E-state index in [0.29, 0.717) is 56.3 Å². The number of hydrogen-bond acceptors (Lipinski definition) is 4. The van der Waals surface area contributed by atoms with Gasteiger partial charge in [0.25, 0.3) is 5.91 Å². The van der Waals surface area contributed by atoms with Crippen LogP contribution >= 0.6 is 0 Å². The normalized spacial score (nSPS) is 18.0. The molecule has 0 fully saturated rings. The Bertz CT molecular complexity index is 939. The highest BCUT2D eigenvalue weighted by Crippen LogP contribution is 2.23. The molecule has 0 unspecified atom stereocenters. The van der Waals surface area contributed by atoms with Gasteiger partial charge in [0.2, 0.25) is 5.91 Å². The third kappa shape index (κ3) is 6.84. The van der Waals surface area contributed by atoms with Crippen LogP contribution in [-0.4, -0.2) is 63.7 Å². The lowest BCUT2D eigenvalue weighted by molar-refractivity contribution is -0.134. The van der Waals surface area contributed by atoms with Gasteiger partial charge in [-0.1, -0.05) is 26.0 Å². The summed E-state index contributed by atoms with van der Waals surface area (Å²) in [6.45, 7) is 8.85. The van der Waals surface area contributed by atoms with Crippen molar-refractivity contribution in [2.75, 3.05) is 26.2 Å². The summed E-state index contributed by atoms with van der Waals surface area (Å²) in [6, 6.07) is 9.41. The van der Waals surface area contributed by atoms with Crippen molar-refractivity contribution in [2.24, 2.45) is 13.0 Å². The number of hydrogen-bond donors (Lipinski definition) is 0. The average molecular weight is 469 g/mol. The van der Waals surface area contributed by atoms with Gasteiger partial charge in [-0.2, -0.15) is 5.10 Å². The summed E-state index contributed by atoms with van der Waals surface area (Å²) < 4.78 is 8.10. The Hall–Kier alpha value is -2.83. The summed E-state index contributed by atoms with van der Waals surface area (Å²) in [5.41, 5.74) is 1.66. The van der Waals surface area contributed by atoms with Crippen LogP contribution in [0.15, 0.2) is 36.5 Å². The Labute approximate surface area is 204 Å². The Morgan fingerprint density at radius 3 is 2.62 bits per heavy atom. The summed E-state index contributed by atoms with van der Waals surface area (Å²) in [5, 5.41) is 4.22. The monoisotopic (exact) mass is 468 g/mol. The largest absolute Gasteiger partial charge is 0.491 e. The third-order valence-corrected chi connectivity index (χ3v) is 6.57. The second-order valence-corrected chi connectivity index (χ2v) is 9.57. The van der Waals surface area contributed by atoms with Crippen molar-refractivity contribution in [3.8, 4) is 5.75 Å². The zero-order valence-electron chi connectivity index (χ0n) is 21.2. The van der Waals surface area contributed by atoms with E-state index in [1.165, 1.54) is 0 Å². The molecule has 7 nitrogen and oxygen atoms in total. The van der Waals surface area contributed by atoms with E-state index in [4.69, 9.17) is 4.74 Å². The molecule has 0 saturated carbocycles. The fourth-order valence-electron chi connectivity index (χ4n) is 4.66. The Kier molecular flexibility index (Phi) is 9.54. The fourth-order valence-corrected chi connectivity index (χ4v) is 4.66. The molecule has 0 bridgehead atoms. The average Bonchev–Trinajstić information content (AvgIpc) is 3.24. The van der Waals surface area contributed by atoms with Gasteiger partial charge in [0.1, 0.15) is 12.4 Å². The molecule has 0 radical (unpaired) electrons. The molecule has 2 heterocycles. The maximum atomic E-state index is 13.5. The molecular weight excluding hydrogens is 428 g/mol. The lowest BCUT2D eigenvalue weighted by Gasteiger charge is -2.33. The van der Waals surface area contributed by atoms with Crippen LogP contribution < -0.4 is 4.74 Å². The summed E-state index contributed by atoms with van der Waals surface area (Å²) in [6.07, 6.45) is 6.57. The summed E-state index contributed by atoms with van der Waals surface area (Å²) >= 11 is 0. The van der Waals surface area contributed by atoms with E-state index in [0.717, 1.165) is 31.4 Å². The summed E-state index contributed by atoms with van der Waals surface area (Å²) in [5.74, 6) is 1.19. The molecule has 0 N–H and O–H groups in total. The molecule has 1 aromatic heterocycles. The number of carbonyl (C=O) groups excluding carboxylic acids is 2. The molecule has 0 saturated heterocycles. The van der Waals surface area contributed by atoms with Crippen LogP contribution in [0.4, 0.5) is 0 Å². The van der Waals surface area contributed by atoms with Gasteiger partial charge in [-0.25, -0.2) is 0 Å². The number of rotatable bonds is 6. The number of benzene rings is 1. The van der Waals surface area contributed by atoms with Gasteiger partial charge >= 0.3 is 0 Å². The topological polar surface area (TPSA) is 67.7 Å². The number of carbonyl (C=O) groups is 2. The highest BCUT2D eigenvalue weighted by molar-refractivity contribution is 5.96. The smallest absolute Gasteiger partial charge is 0.257 e. The molecule has 186 valence electrons. The van der Waals surface area contributed by atoms with Gasteiger partial charge in [-0.05, 0) is 63.1 Å². The molecule has 1 aliphatic rings.